The molecule has 1 aromatic carbocycles. The van der Waals surface area contributed by atoms with Crippen LogP contribution >= 0.6 is 0 Å². The first kappa shape index (κ1) is 43.5. The molecule has 3 rings (SSSR count). The van der Waals surface area contributed by atoms with E-state index >= 15 is 0 Å². The van der Waals surface area contributed by atoms with Crippen LogP contribution in [-0.2, 0) is 0 Å². The molecular formula is C56H12N2O. The number of hydrogen-bond donors (Lipinski definition) is 1. The lowest BCUT2D eigenvalue weighted by atomic mass is 10.1. The molecule has 0 unspecified atom stereocenters. The molecule has 0 aliphatic carbocycles. The summed E-state index contributed by atoms with van der Waals surface area (Å²) < 4.78 is 5.06. The molecule has 3 nitrogen and oxygen atoms in total. The molecule has 0 atom stereocenters. The second-order valence-electron chi connectivity index (χ2n) is 8.64. The van der Waals surface area contributed by atoms with Crippen molar-refractivity contribution in [1.29, 1.82) is 0 Å². The van der Waals surface area contributed by atoms with Gasteiger partial charge in [-0.2, -0.15) is 0 Å². The number of hydrogen-bond acceptors (Lipinski definition) is 2. The Hall–Kier alpha value is -11.7. The molecule has 2 heterocycles. The van der Waals surface area contributed by atoms with Crippen molar-refractivity contribution >= 4 is 11.0 Å². The number of benzene rings is 1. The molecule has 3 aromatic rings. The van der Waals surface area contributed by atoms with Gasteiger partial charge in [-0.25, -0.2) is 4.98 Å². The highest BCUT2D eigenvalue weighted by atomic mass is 16.3. The van der Waals surface area contributed by atoms with Gasteiger partial charge < -0.3 is 9.40 Å². The number of aromatic amines is 1. The normalized spacial score (nSPS) is 5.56. The van der Waals surface area contributed by atoms with E-state index in [1.54, 1.807) is 25.8 Å². The van der Waals surface area contributed by atoms with Crippen LogP contribution < -0.4 is 0 Å². The van der Waals surface area contributed by atoms with Gasteiger partial charge in [0.15, 0.2) is 0 Å². The largest absolute Gasteiger partial charge is 0.472 e. The van der Waals surface area contributed by atoms with Crippen LogP contribution in [-0.4, -0.2) is 9.97 Å². The molecule has 0 bridgehead atoms. The van der Waals surface area contributed by atoms with Gasteiger partial charge in [0.2, 0.25) is 0 Å². The monoisotopic (exact) mass is 728 g/mol. The van der Waals surface area contributed by atoms with Crippen LogP contribution in [0.4, 0.5) is 0 Å². The molecule has 0 aliphatic heterocycles. The van der Waals surface area contributed by atoms with Gasteiger partial charge in [0.05, 0.1) is 29.9 Å². The number of H-pyrrole nitrogens is 1. The first-order chi connectivity index (χ1) is 29.4. The van der Waals surface area contributed by atoms with Crippen LogP contribution in [0.2, 0.25) is 0 Å². The van der Waals surface area contributed by atoms with Gasteiger partial charge in [0.25, 0.3) is 0 Å². The van der Waals surface area contributed by atoms with Crippen LogP contribution in [0.3, 0.4) is 0 Å². The summed E-state index contributed by atoms with van der Waals surface area (Å²) >= 11 is 0. The number of para-hydroxylation sites is 1. The smallest absolute Gasteiger partial charge is 0.0981 e. The average molecular weight is 729 g/mol. The first-order valence-electron chi connectivity index (χ1n) is 15.7. The molecule has 0 spiro atoms. The minimum Gasteiger partial charge on any atom is -0.472 e. The summed E-state index contributed by atoms with van der Waals surface area (Å²) in [5.41, 5.74) is 4.18. The molecule has 1 N–H and O–H groups in total. The summed E-state index contributed by atoms with van der Waals surface area (Å²) in [6.45, 7) is 1.69. The summed E-state index contributed by atoms with van der Waals surface area (Å²) in [5, 5.41) is 0. The fraction of sp³-hybridized carbons (Fsp3) is 0.0179. The average Bonchev–Trinajstić information content (AvgIpc) is 3.98. The molecule has 0 fully saturated rings. The summed E-state index contributed by atoms with van der Waals surface area (Å²) in [6.07, 6.45) is 10.0. The van der Waals surface area contributed by atoms with Crippen molar-refractivity contribution in [2.45, 2.75) is 6.92 Å². The van der Waals surface area contributed by atoms with Gasteiger partial charge in [-0.3, -0.25) is 0 Å². The maximum absolute atomic E-state index is 5.06. The zero-order chi connectivity index (χ0) is 41.8. The number of terminal acetylenes is 1. The standard InChI is InChI=1S/C45H4.C11H8N2O/c1-3-5-7-9-11-13-15-17-19-21-23-25-27-29-31-33-35-37-39-41-43-45-44-42-40-38-36-34-32-30-28-26-24-22-20-18-16-14-12-10-8-6-4-2;1-2-9(8-4-5-14-6-8)11-10(3-1)12-7-13-11/h1H,2H3;1-7H,(H,12,13). The Labute approximate surface area is 346 Å². The second-order valence-corrected chi connectivity index (χ2v) is 8.64. The lowest BCUT2D eigenvalue weighted by Gasteiger charge is -1.97. The van der Waals surface area contributed by atoms with Crippen molar-refractivity contribution in [2.24, 2.45) is 0 Å². The molecule has 3 heteroatoms. The number of rotatable bonds is 1. The quantitative estimate of drug-likeness (QED) is 0.390. The first-order valence-corrected chi connectivity index (χ1v) is 15.7. The van der Waals surface area contributed by atoms with Crippen molar-refractivity contribution in [3.05, 3.63) is 43.1 Å². The minimum absolute atomic E-state index is 0.980. The van der Waals surface area contributed by atoms with E-state index in [-0.39, 0.29) is 0 Å². The van der Waals surface area contributed by atoms with E-state index in [1.165, 1.54) is 0 Å². The van der Waals surface area contributed by atoms with E-state index < -0.39 is 0 Å². The van der Waals surface area contributed by atoms with Crippen LogP contribution in [0.25, 0.3) is 22.2 Å². The van der Waals surface area contributed by atoms with Gasteiger partial charge >= 0.3 is 0 Å². The molecule has 59 heavy (non-hydrogen) atoms. The highest BCUT2D eigenvalue weighted by Crippen LogP contribution is 2.26. The summed E-state index contributed by atoms with van der Waals surface area (Å²) in [4.78, 5) is 7.36. The molecular weight excluding hydrogens is 717 g/mol. The van der Waals surface area contributed by atoms with Crippen LogP contribution in [0.5, 0.6) is 0 Å². The molecule has 0 aliphatic rings. The Morgan fingerprint density at radius 1 is 0.424 bits per heavy atom. The molecule has 252 valence electrons. The van der Waals surface area contributed by atoms with Crippen molar-refractivity contribution in [2.75, 3.05) is 0 Å². The molecule has 0 amide bonds. The topological polar surface area (TPSA) is 41.8 Å². The number of nitrogens with one attached hydrogen (secondary N) is 1. The van der Waals surface area contributed by atoms with Crippen LogP contribution in [0, 0.1) is 261 Å². The van der Waals surface area contributed by atoms with Crippen molar-refractivity contribution in [1.82, 2.24) is 9.97 Å². The number of aromatic nitrogens is 2. The van der Waals surface area contributed by atoms with Crippen molar-refractivity contribution in [3.63, 3.8) is 0 Å². The van der Waals surface area contributed by atoms with Gasteiger partial charge in [0.1, 0.15) is 0 Å². The zero-order valence-electron chi connectivity index (χ0n) is 30.5. The fourth-order valence-electron chi connectivity index (χ4n) is 2.93. The molecule has 0 radical (unpaired) electrons. The minimum atomic E-state index is 0.980. The van der Waals surface area contributed by atoms with E-state index in [1.807, 2.05) is 24.3 Å². The Morgan fingerprint density at radius 3 is 1.03 bits per heavy atom. The lowest BCUT2D eigenvalue weighted by molar-refractivity contribution is 0.568. The molecule has 2 aromatic heterocycles. The predicted molar refractivity (Wildman–Crippen MR) is 232 cm³/mol. The number of fused-ring (bicyclic) bond motifs is 1. The van der Waals surface area contributed by atoms with E-state index in [2.05, 4.69) is 265 Å². The Morgan fingerprint density at radius 2 is 0.746 bits per heavy atom. The SMILES string of the molecule is C#CC#CC#CC#CC#CC#CC#CC#CC#CC#CC#CC#CC#CC#CC#CC#CC#CC#CC#CC#CC#CC#CC.c1cc(-c2ccoc2)c2nc[nH]c2c1. The Balaban J connectivity index is 0.000000700. The van der Waals surface area contributed by atoms with Crippen LogP contribution in [0.15, 0.2) is 47.5 Å². The number of nitrogens with zero attached hydrogens (tertiary/aromatic N) is 1. The molecule has 0 saturated heterocycles. The highest BCUT2D eigenvalue weighted by Gasteiger charge is 2.05. The van der Waals surface area contributed by atoms with E-state index in [9.17, 15) is 0 Å². The Bertz CT molecular complexity index is 3580. The maximum Gasteiger partial charge on any atom is 0.0981 e. The van der Waals surface area contributed by atoms with E-state index in [4.69, 9.17) is 10.8 Å². The van der Waals surface area contributed by atoms with E-state index in [0.29, 0.717) is 0 Å². The van der Waals surface area contributed by atoms with E-state index in [0.717, 1.165) is 22.2 Å². The van der Waals surface area contributed by atoms with Crippen molar-refractivity contribution < 1.29 is 4.42 Å². The molecule has 0 saturated carbocycles. The predicted octanol–water partition coefficient (Wildman–Crippen LogP) is 3.53. The third-order valence-corrected chi connectivity index (χ3v) is 4.98. The lowest BCUT2D eigenvalue weighted by Crippen LogP contribution is -1.76. The van der Waals surface area contributed by atoms with Crippen molar-refractivity contribution in [3.8, 4) is 272 Å². The summed E-state index contributed by atoms with van der Waals surface area (Å²) in [5.74, 6) is 107. The van der Waals surface area contributed by atoms with Gasteiger partial charge in [0, 0.05) is 165 Å². The zero-order valence-corrected chi connectivity index (χ0v) is 30.5. The van der Waals surface area contributed by atoms with Gasteiger partial charge in [-0.1, -0.05) is 18.1 Å². The highest BCUT2D eigenvalue weighted by molar-refractivity contribution is 5.91. The third-order valence-electron chi connectivity index (χ3n) is 4.98. The second kappa shape index (κ2) is 33.4. The summed E-state index contributed by atoms with van der Waals surface area (Å²) in [6, 6.07) is 7.98. The number of furan rings is 1. The summed E-state index contributed by atoms with van der Waals surface area (Å²) in [7, 11) is 0. The maximum atomic E-state index is 5.06. The number of imidazole rings is 1. The third kappa shape index (κ3) is 24.2. The van der Waals surface area contributed by atoms with Gasteiger partial charge in [-0.15, -0.1) is 6.42 Å². The van der Waals surface area contributed by atoms with Crippen LogP contribution in [0.1, 0.15) is 6.92 Å². The fourth-order valence-corrected chi connectivity index (χ4v) is 2.93. The van der Waals surface area contributed by atoms with Gasteiger partial charge in [-0.05, 0) is 114 Å². The Kier molecular flexibility index (Phi) is 24.6.